The molecule has 0 saturated carbocycles. The summed E-state index contributed by atoms with van der Waals surface area (Å²) < 4.78 is 24.9. The van der Waals surface area contributed by atoms with E-state index in [1.807, 2.05) is 0 Å². The van der Waals surface area contributed by atoms with Crippen molar-refractivity contribution in [3.63, 3.8) is 0 Å². The van der Waals surface area contributed by atoms with Crippen molar-refractivity contribution in [3.05, 3.63) is 46.5 Å². The lowest BCUT2D eigenvalue weighted by Gasteiger charge is -2.17. The Morgan fingerprint density at radius 1 is 1.25 bits per heavy atom. The average molecular weight is 391 g/mol. The second-order valence-corrected chi connectivity index (χ2v) is 6.29. The van der Waals surface area contributed by atoms with Gasteiger partial charge >= 0.3 is 5.97 Å². The normalized spacial score (nSPS) is 10.5. The number of ketones is 1. The number of benzene rings is 1. The zero-order valence-electron chi connectivity index (χ0n) is 16.4. The molecule has 0 aliphatic heterocycles. The van der Waals surface area contributed by atoms with E-state index in [4.69, 9.17) is 9.47 Å². The van der Waals surface area contributed by atoms with Crippen LogP contribution in [0.25, 0.3) is 0 Å². The van der Waals surface area contributed by atoms with Gasteiger partial charge in [0.15, 0.2) is 18.2 Å². The largest absolute Gasteiger partial charge is 0.494 e. The molecule has 0 aliphatic rings. The number of aromatic nitrogens is 2. The molecule has 0 bridgehead atoms. The number of nitrogens with zero attached hydrogens (tertiary/aromatic N) is 3. The summed E-state index contributed by atoms with van der Waals surface area (Å²) in [6, 6.07) is 4.33. The Morgan fingerprint density at radius 3 is 2.46 bits per heavy atom. The van der Waals surface area contributed by atoms with E-state index in [0.717, 1.165) is 0 Å². The maximum absolute atomic E-state index is 13.7. The molecular weight excluding hydrogens is 369 g/mol. The van der Waals surface area contributed by atoms with Crippen LogP contribution in [0.2, 0.25) is 0 Å². The molecule has 0 unspecified atom stereocenters. The fourth-order valence-electron chi connectivity index (χ4n) is 2.68. The maximum atomic E-state index is 13.7. The number of halogens is 1. The molecule has 0 saturated heterocycles. The smallest absolute Gasteiger partial charge is 0.380 e. The van der Waals surface area contributed by atoms with E-state index < -0.39 is 30.1 Å². The summed E-state index contributed by atoms with van der Waals surface area (Å²) in [7, 11) is 4.50. The molecule has 1 amide bonds. The minimum Gasteiger partial charge on any atom is -0.494 e. The first-order chi connectivity index (χ1) is 13.1. The topological polar surface area (TPSA) is 90.7 Å². The summed E-state index contributed by atoms with van der Waals surface area (Å²) in [5, 5.41) is 4.08. The van der Waals surface area contributed by atoms with Crippen molar-refractivity contribution in [2.75, 3.05) is 20.8 Å². The van der Waals surface area contributed by atoms with Crippen molar-refractivity contribution in [2.45, 2.75) is 20.4 Å². The molecule has 150 valence electrons. The molecule has 0 fully saturated rings. The second-order valence-electron chi connectivity index (χ2n) is 6.29. The Bertz CT molecular complexity index is 923. The highest BCUT2D eigenvalue weighted by molar-refractivity contribution is 6.41. The molecule has 0 spiro atoms. The second kappa shape index (κ2) is 8.64. The van der Waals surface area contributed by atoms with Gasteiger partial charge in [-0.1, -0.05) is 6.07 Å². The minimum absolute atomic E-state index is 0.103. The quantitative estimate of drug-likeness (QED) is 0.404. The fourth-order valence-corrected chi connectivity index (χ4v) is 2.68. The SMILES string of the molecule is COc1ccc(CN(C)C(=O)COC(=O)C(=O)c2c(C)nn(C)c2C)cc1F. The van der Waals surface area contributed by atoms with Crippen LogP contribution in [0.5, 0.6) is 5.75 Å². The van der Waals surface area contributed by atoms with Gasteiger partial charge in [-0.25, -0.2) is 9.18 Å². The van der Waals surface area contributed by atoms with Gasteiger partial charge in [-0.05, 0) is 31.5 Å². The molecule has 0 aliphatic carbocycles. The van der Waals surface area contributed by atoms with Gasteiger partial charge in [0.1, 0.15) is 0 Å². The summed E-state index contributed by atoms with van der Waals surface area (Å²) >= 11 is 0. The van der Waals surface area contributed by atoms with Crippen LogP contribution in [-0.4, -0.2) is 53.1 Å². The summed E-state index contributed by atoms with van der Waals surface area (Å²) in [5.41, 5.74) is 1.65. The lowest BCUT2D eigenvalue weighted by Crippen LogP contribution is -2.32. The minimum atomic E-state index is -1.13. The van der Waals surface area contributed by atoms with Crippen LogP contribution < -0.4 is 4.74 Å². The average Bonchev–Trinajstić information content (AvgIpc) is 2.90. The number of methoxy groups -OCH3 is 1. The van der Waals surface area contributed by atoms with Gasteiger partial charge in [0, 0.05) is 26.3 Å². The number of rotatable bonds is 7. The van der Waals surface area contributed by atoms with Crippen LogP contribution in [0.4, 0.5) is 4.39 Å². The molecule has 9 heteroatoms. The highest BCUT2D eigenvalue weighted by Crippen LogP contribution is 2.18. The van der Waals surface area contributed by atoms with Gasteiger partial charge in [0.25, 0.3) is 11.7 Å². The van der Waals surface area contributed by atoms with Gasteiger partial charge < -0.3 is 14.4 Å². The highest BCUT2D eigenvalue weighted by atomic mass is 19.1. The first-order valence-electron chi connectivity index (χ1n) is 8.43. The third-order valence-electron chi connectivity index (χ3n) is 4.31. The molecule has 0 N–H and O–H groups in total. The molecule has 28 heavy (non-hydrogen) atoms. The molecule has 1 aromatic heterocycles. The van der Waals surface area contributed by atoms with Crippen LogP contribution in [0.1, 0.15) is 27.3 Å². The molecule has 1 heterocycles. The van der Waals surface area contributed by atoms with E-state index in [-0.39, 0.29) is 17.9 Å². The monoisotopic (exact) mass is 391 g/mol. The predicted molar refractivity (Wildman–Crippen MR) is 97.4 cm³/mol. The van der Waals surface area contributed by atoms with Crippen LogP contribution in [0.15, 0.2) is 18.2 Å². The third-order valence-corrected chi connectivity index (χ3v) is 4.31. The number of esters is 1. The number of amides is 1. The number of ether oxygens (including phenoxy) is 2. The standard InChI is InChI=1S/C19H22FN3O5/c1-11-17(12(2)23(4)21-11)18(25)19(26)28-10-16(24)22(3)9-13-6-7-15(27-5)14(20)8-13/h6-8H,9-10H2,1-5H3. The summed E-state index contributed by atoms with van der Waals surface area (Å²) in [6.07, 6.45) is 0. The molecular formula is C19H22FN3O5. The summed E-state index contributed by atoms with van der Waals surface area (Å²) in [5.74, 6) is -2.95. The van der Waals surface area contributed by atoms with Gasteiger partial charge in [-0.15, -0.1) is 0 Å². The van der Waals surface area contributed by atoms with Gasteiger partial charge in [0.05, 0.1) is 18.4 Å². The van der Waals surface area contributed by atoms with E-state index in [1.54, 1.807) is 27.0 Å². The number of carbonyl (C=O) groups excluding carboxylic acids is 3. The molecule has 1 aromatic carbocycles. The van der Waals surface area contributed by atoms with Crippen molar-refractivity contribution < 1.29 is 28.2 Å². The fraction of sp³-hybridized carbons (Fsp3) is 0.368. The molecule has 8 nitrogen and oxygen atoms in total. The van der Waals surface area contributed by atoms with Crippen molar-refractivity contribution >= 4 is 17.7 Å². The molecule has 2 aromatic rings. The van der Waals surface area contributed by atoms with E-state index in [1.165, 1.54) is 35.9 Å². The zero-order chi connectivity index (χ0) is 21.0. The summed E-state index contributed by atoms with van der Waals surface area (Å²) in [6.45, 7) is 2.78. The van der Waals surface area contributed by atoms with Crippen molar-refractivity contribution in [1.29, 1.82) is 0 Å². The van der Waals surface area contributed by atoms with Gasteiger partial charge in [-0.2, -0.15) is 5.10 Å². The molecule has 0 atom stereocenters. The van der Waals surface area contributed by atoms with E-state index >= 15 is 0 Å². The summed E-state index contributed by atoms with van der Waals surface area (Å²) in [4.78, 5) is 37.7. The Hall–Kier alpha value is -3.23. The number of aryl methyl sites for hydroxylation is 2. The maximum Gasteiger partial charge on any atom is 0.380 e. The number of hydrogen-bond acceptors (Lipinski definition) is 6. The Morgan fingerprint density at radius 2 is 1.93 bits per heavy atom. The first kappa shape index (κ1) is 21.1. The van der Waals surface area contributed by atoms with Crippen molar-refractivity contribution in [1.82, 2.24) is 14.7 Å². The zero-order valence-corrected chi connectivity index (χ0v) is 16.4. The van der Waals surface area contributed by atoms with E-state index in [0.29, 0.717) is 17.0 Å². The Kier molecular flexibility index (Phi) is 6.50. The molecule has 0 radical (unpaired) electrons. The van der Waals surface area contributed by atoms with Crippen LogP contribution in [-0.2, 0) is 27.9 Å². The van der Waals surface area contributed by atoms with Crippen LogP contribution >= 0.6 is 0 Å². The number of carbonyl (C=O) groups is 3. The first-order valence-corrected chi connectivity index (χ1v) is 8.43. The number of Topliss-reactive ketones (excluding diaryl/α,β-unsaturated/α-hetero) is 1. The highest BCUT2D eigenvalue weighted by Gasteiger charge is 2.26. The number of hydrogen-bond donors (Lipinski definition) is 0. The lowest BCUT2D eigenvalue weighted by molar-refractivity contribution is -0.147. The van der Waals surface area contributed by atoms with E-state index in [9.17, 15) is 18.8 Å². The molecule has 2 rings (SSSR count). The van der Waals surface area contributed by atoms with Crippen molar-refractivity contribution in [2.24, 2.45) is 7.05 Å². The number of likely N-dealkylation sites (N-methyl/N-ethyl adjacent to an activating group) is 1. The van der Waals surface area contributed by atoms with E-state index in [2.05, 4.69) is 5.10 Å². The predicted octanol–water partition coefficient (Wildman–Crippen LogP) is 1.57. The van der Waals surface area contributed by atoms with Gasteiger partial charge in [-0.3, -0.25) is 14.3 Å². The van der Waals surface area contributed by atoms with Gasteiger partial charge in [0.2, 0.25) is 0 Å². The Balaban J connectivity index is 1.94. The van der Waals surface area contributed by atoms with Crippen LogP contribution in [0.3, 0.4) is 0 Å². The third kappa shape index (κ3) is 4.54. The van der Waals surface area contributed by atoms with Crippen molar-refractivity contribution in [3.8, 4) is 5.75 Å². The van der Waals surface area contributed by atoms with Crippen LogP contribution in [0, 0.1) is 19.7 Å². The lowest BCUT2D eigenvalue weighted by atomic mass is 10.1. The Labute approximate surface area is 161 Å².